The van der Waals surface area contributed by atoms with Crippen molar-refractivity contribution in [3.63, 3.8) is 0 Å². The lowest BCUT2D eigenvalue weighted by Gasteiger charge is -2.32. The zero-order chi connectivity index (χ0) is 15.0. The van der Waals surface area contributed by atoms with Crippen LogP contribution in [-0.4, -0.2) is 47.7 Å². The Morgan fingerprint density at radius 1 is 1.48 bits per heavy atom. The molecule has 0 unspecified atom stereocenters. The number of amides is 1. The van der Waals surface area contributed by atoms with Crippen LogP contribution >= 0.6 is 11.3 Å². The van der Waals surface area contributed by atoms with E-state index in [1.165, 1.54) is 26.7 Å². The van der Waals surface area contributed by atoms with Crippen molar-refractivity contribution in [2.24, 2.45) is 5.92 Å². The van der Waals surface area contributed by atoms with E-state index in [2.05, 4.69) is 6.92 Å². The van der Waals surface area contributed by atoms with Crippen molar-refractivity contribution in [1.29, 1.82) is 0 Å². The molecule has 0 saturated carbocycles. The molecular weight excluding hydrogens is 290 g/mol. The number of aryl methyl sites for hydroxylation is 1. The summed E-state index contributed by atoms with van der Waals surface area (Å²) in [6.45, 7) is 3.04. The predicted octanol–water partition coefficient (Wildman–Crippen LogP) is 1.80. The molecule has 1 fully saturated rings. The molecule has 0 radical (unpaired) electrons. The van der Waals surface area contributed by atoms with Gasteiger partial charge in [-0.1, -0.05) is 6.92 Å². The minimum atomic E-state index is -1.00. The smallest absolute Gasteiger partial charge is 0.328 e. The monoisotopic (exact) mass is 309 g/mol. The number of rotatable bonds is 2. The standard InChI is InChI=1S/C15H19NO4S/c1-9-2-3-12-10(6-9)7-13(21-12)14(17)16-4-5-20-8-11(16)15(18)19/h7,9,11H,2-6,8H2,1H3,(H,18,19)/t9-,11-/m1/s1. The van der Waals surface area contributed by atoms with Crippen LogP contribution in [0.1, 0.15) is 33.5 Å². The molecule has 0 aromatic carbocycles. The second-order valence-corrected chi connectivity index (χ2v) is 6.97. The van der Waals surface area contributed by atoms with E-state index in [-0.39, 0.29) is 12.5 Å². The molecule has 6 heteroatoms. The molecule has 1 aliphatic heterocycles. The Labute approximate surface area is 127 Å². The first-order valence-electron chi connectivity index (χ1n) is 7.29. The number of fused-ring (bicyclic) bond motifs is 1. The van der Waals surface area contributed by atoms with E-state index >= 15 is 0 Å². The van der Waals surface area contributed by atoms with Crippen LogP contribution in [0, 0.1) is 5.92 Å². The first kappa shape index (κ1) is 14.5. The number of aliphatic carboxylic acids is 1. The Bertz CT molecular complexity index is 568. The lowest BCUT2D eigenvalue weighted by Crippen LogP contribution is -2.52. The number of thiophene rings is 1. The number of carboxylic acid groups (broad SMARTS) is 1. The van der Waals surface area contributed by atoms with E-state index in [1.54, 1.807) is 0 Å². The Morgan fingerprint density at radius 3 is 3.05 bits per heavy atom. The summed E-state index contributed by atoms with van der Waals surface area (Å²) in [5.74, 6) is -0.513. The molecule has 2 aliphatic rings. The van der Waals surface area contributed by atoms with Crippen LogP contribution in [0.15, 0.2) is 6.07 Å². The van der Waals surface area contributed by atoms with Crippen LogP contribution in [0.2, 0.25) is 0 Å². The van der Waals surface area contributed by atoms with Gasteiger partial charge in [-0.15, -0.1) is 11.3 Å². The summed E-state index contributed by atoms with van der Waals surface area (Å²) in [4.78, 5) is 27.3. The maximum Gasteiger partial charge on any atom is 0.328 e. The minimum absolute atomic E-state index is 0.0726. The van der Waals surface area contributed by atoms with Crippen molar-refractivity contribution in [2.75, 3.05) is 19.8 Å². The van der Waals surface area contributed by atoms with Gasteiger partial charge in [0, 0.05) is 11.4 Å². The third-order valence-corrected chi connectivity index (χ3v) is 5.44. The normalized spacial score (nSPS) is 25.5. The molecule has 114 valence electrons. The summed E-state index contributed by atoms with van der Waals surface area (Å²) < 4.78 is 5.18. The average molecular weight is 309 g/mol. The van der Waals surface area contributed by atoms with E-state index in [9.17, 15) is 14.7 Å². The number of morpholine rings is 1. The molecular formula is C15H19NO4S. The zero-order valence-corrected chi connectivity index (χ0v) is 12.8. The molecule has 0 bridgehead atoms. The minimum Gasteiger partial charge on any atom is -0.480 e. The van der Waals surface area contributed by atoms with Gasteiger partial charge in [0.15, 0.2) is 6.04 Å². The molecule has 3 rings (SSSR count). The van der Waals surface area contributed by atoms with Crippen molar-refractivity contribution < 1.29 is 19.4 Å². The second-order valence-electron chi connectivity index (χ2n) is 5.83. The van der Waals surface area contributed by atoms with Gasteiger partial charge in [-0.05, 0) is 36.8 Å². The summed E-state index contributed by atoms with van der Waals surface area (Å²) >= 11 is 1.53. The first-order chi connectivity index (χ1) is 10.1. The number of carbonyl (C=O) groups is 2. The molecule has 1 aromatic heterocycles. The molecule has 1 aliphatic carbocycles. The predicted molar refractivity (Wildman–Crippen MR) is 78.8 cm³/mol. The Kier molecular flexibility index (Phi) is 3.99. The highest BCUT2D eigenvalue weighted by atomic mass is 32.1. The Balaban J connectivity index is 1.83. The number of nitrogens with zero attached hydrogens (tertiary/aromatic N) is 1. The number of hydrogen-bond donors (Lipinski definition) is 1. The number of hydrogen-bond acceptors (Lipinski definition) is 4. The van der Waals surface area contributed by atoms with Crippen LogP contribution in [0.5, 0.6) is 0 Å². The first-order valence-corrected chi connectivity index (χ1v) is 8.11. The van der Waals surface area contributed by atoms with Crippen LogP contribution in [0.3, 0.4) is 0 Å². The van der Waals surface area contributed by atoms with Gasteiger partial charge in [0.05, 0.1) is 18.1 Å². The van der Waals surface area contributed by atoms with Gasteiger partial charge < -0.3 is 14.7 Å². The number of carboxylic acids is 1. The highest BCUT2D eigenvalue weighted by molar-refractivity contribution is 7.14. The third kappa shape index (κ3) is 2.82. The fourth-order valence-electron chi connectivity index (χ4n) is 3.00. The Morgan fingerprint density at radius 2 is 2.29 bits per heavy atom. The maximum atomic E-state index is 12.6. The van der Waals surface area contributed by atoms with Crippen molar-refractivity contribution in [1.82, 2.24) is 4.90 Å². The third-order valence-electron chi connectivity index (χ3n) is 4.21. The van der Waals surface area contributed by atoms with Gasteiger partial charge in [-0.25, -0.2) is 4.79 Å². The molecule has 1 saturated heterocycles. The van der Waals surface area contributed by atoms with Crippen molar-refractivity contribution in [3.8, 4) is 0 Å². The molecule has 1 aromatic rings. The molecule has 1 N–H and O–H groups in total. The molecule has 2 atom stereocenters. The number of ether oxygens (including phenoxy) is 1. The van der Waals surface area contributed by atoms with Crippen molar-refractivity contribution in [3.05, 3.63) is 21.4 Å². The second kappa shape index (κ2) is 5.77. The highest BCUT2D eigenvalue weighted by Gasteiger charge is 2.34. The fraction of sp³-hybridized carbons (Fsp3) is 0.600. The van der Waals surface area contributed by atoms with Crippen LogP contribution in [0.4, 0.5) is 0 Å². The largest absolute Gasteiger partial charge is 0.480 e. The molecule has 1 amide bonds. The van der Waals surface area contributed by atoms with E-state index in [4.69, 9.17) is 4.74 Å². The summed E-state index contributed by atoms with van der Waals surface area (Å²) in [7, 11) is 0. The molecule has 2 heterocycles. The van der Waals surface area contributed by atoms with Gasteiger partial charge >= 0.3 is 5.97 Å². The summed E-state index contributed by atoms with van der Waals surface area (Å²) in [5.41, 5.74) is 1.27. The average Bonchev–Trinajstić information content (AvgIpc) is 2.89. The lowest BCUT2D eigenvalue weighted by atomic mass is 9.90. The quantitative estimate of drug-likeness (QED) is 0.904. The van der Waals surface area contributed by atoms with E-state index in [0.717, 1.165) is 19.3 Å². The van der Waals surface area contributed by atoms with Gasteiger partial charge in [0.2, 0.25) is 0 Å². The van der Waals surface area contributed by atoms with E-state index in [0.29, 0.717) is 23.9 Å². The van der Waals surface area contributed by atoms with Crippen molar-refractivity contribution in [2.45, 2.75) is 32.2 Å². The topological polar surface area (TPSA) is 66.8 Å². The van der Waals surface area contributed by atoms with Gasteiger partial charge in [0.25, 0.3) is 5.91 Å². The van der Waals surface area contributed by atoms with Crippen LogP contribution in [-0.2, 0) is 22.4 Å². The highest BCUT2D eigenvalue weighted by Crippen LogP contribution is 2.33. The van der Waals surface area contributed by atoms with Crippen molar-refractivity contribution >= 4 is 23.2 Å². The van der Waals surface area contributed by atoms with E-state index in [1.807, 2.05) is 6.07 Å². The zero-order valence-electron chi connectivity index (χ0n) is 12.0. The van der Waals surface area contributed by atoms with Gasteiger partial charge in [0.1, 0.15) is 0 Å². The summed E-state index contributed by atoms with van der Waals surface area (Å²) in [5, 5.41) is 9.23. The SMILES string of the molecule is C[C@@H]1CCc2sc(C(=O)N3CCOC[C@@H]3C(=O)O)cc2C1. The molecule has 21 heavy (non-hydrogen) atoms. The van der Waals surface area contributed by atoms with Gasteiger partial charge in [-0.3, -0.25) is 4.79 Å². The summed E-state index contributed by atoms with van der Waals surface area (Å²) in [6, 6.07) is 1.09. The Hall–Kier alpha value is -1.40. The van der Waals surface area contributed by atoms with Gasteiger partial charge in [-0.2, -0.15) is 0 Å². The van der Waals surface area contributed by atoms with Crippen LogP contribution < -0.4 is 0 Å². The number of carbonyl (C=O) groups excluding carboxylic acids is 1. The maximum absolute atomic E-state index is 12.6. The molecule has 5 nitrogen and oxygen atoms in total. The fourth-order valence-corrected chi connectivity index (χ4v) is 4.17. The lowest BCUT2D eigenvalue weighted by molar-refractivity contribution is -0.147. The molecule has 0 spiro atoms. The summed E-state index contributed by atoms with van der Waals surface area (Å²) in [6.07, 6.45) is 3.21. The van der Waals surface area contributed by atoms with Crippen LogP contribution in [0.25, 0.3) is 0 Å². The van der Waals surface area contributed by atoms with E-state index < -0.39 is 12.0 Å².